The number of hydrogen-bond donors (Lipinski definition) is 2. The minimum atomic E-state index is -0.908. The average Bonchev–Trinajstić information content (AvgIpc) is 2.65. The first-order chi connectivity index (χ1) is 8.86. The van der Waals surface area contributed by atoms with E-state index in [1.807, 2.05) is 6.92 Å². The SMILES string of the molecule is CCOC(CNC(=O)C1CCCC1(C)C)CC(=O)O. The van der Waals surface area contributed by atoms with Crippen LogP contribution in [0.5, 0.6) is 0 Å². The summed E-state index contributed by atoms with van der Waals surface area (Å²) in [4.78, 5) is 22.8. The summed E-state index contributed by atoms with van der Waals surface area (Å²) >= 11 is 0. The highest BCUT2D eigenvalue weighted by molar-refractivity contribution is 5.79. The third-order valence-corrected chi connectivity index (χ3v) is 3.88. The maximum atomic E-state index is 12.1. The zero-order valence-corrected chi connectivity index (χ0v) is 12.1. The van der Waals surface area contributed by atoms with Crippen molar-refractivity contribution in [3.05, 3.63) is 0 Å². The fourth-order valence-corrected chi connectivity index (χ4v) is 2.77. The number of amides is 1. The van der Waals surface area contributed by atoms with Gasteiger partial charge in [0, 0.05) is 19.1 Å². The lowest BCUT2D eigenvalue weighted by molar-refractivity contribution is -0.140. The fourth-order valence-electron chi connectivity index (χ4n) is 2.77. The van der Waals surface area contributed by atoms with Crippen LogP contribution in [0.4, 0.5) is 0 Å². The molecule has 1 aliphatic rings. The van der Waals surface area contributed by atoms with Gasteiger partial charge in [-0.2, -0.15) is 0 Å². The van der Waals surface area contributed by atoms with Crippen LogP contribution in [0, 0.1) is 11.3 Å². The zero-order chi connectivity index (χ0) is 14.5. The van der Waals surface area contributed by atoms with Gasteiger partial charge in [0.1, 0.15) is 0 Å². The molecule has 0 spiro atoms. The normalized spacial score (nSPS) is 23.0. The van der Waals surface area contributed by atoms with Crippen LogP contribution in [0.2, 0.25) is 0 Å². The topological polar surface area (TPSA) is 75.6 Å². The molecule has 0 heterocycles. The van der Waals surface area contributed by atoms with Gasteiger partial charge in [-0.1, -0.05) is 20.3 Å². The van der Waals surface area contributed by atoms with Gasteiger partial charge in [0.05, 0.1) is 12.5 Å². The van der Waals surface area contributed by atoms with Gasteiger partial charge < -0.3 is 15.2 Å². The Bertz CT molecular complexity index is 327. The third-order valence-electron chi connectivity index (χ3n) is 3.88. The second kappa shape index (κ2) is 6.89. The number of nitrogens with one attached hydrogen (secondary N) is 1. The number of ether oxygens (including phenoxy) is 1. The van der Waals surface area contributed by atoms with E-state index in [1.165, 1.54) is 0 Å². The molecule has 5 nitrogen and oxygen atoms in total. The van der Waals surface area contributed by atoms with Gasteiger partial charge in [-0.3, -0.25) is 9.59 Å². The minimum absolute atomic E-state index is 0.0255. The van der Waals surface area contributed by atoms with E-state index in [9.17, 15) is 9.59 Å². The number of carboxylic acid groups (broad SMARTS) is 1. The molecule has 0 saturated heterocycles. The van der Waals surface area contributed by atoms with Gasteiger partial charge in [0.25, 0.3) is 0 Å². The fraction of sp³-hybridized carbons (Fsp3) is 0.857. The van der Waals surface area contributed by atoms with Gasteiger partial charge in [-0.25, -0.2) is 0 Å². The van der Waals surface area contributed by atoms with Crippen molar-refractivity contribution in [3.8, 4) is 0 Å². The van der Waals surface area contributed by atoms with Crippen molar-refractivity contribution in [2.45, 2.75) is 52.6 Å². The number of rotatable bonds is 7. The lowest BCUT2D eigenvalue weighted by atomic mass is 9.81. The Hall–Kier alpha value is -1.10. The van der Waals surface area contributed by atoms with E-state index in [0.29, 0.717) is 6.61 Å². The van der Waals surface area contributed by atoms with Gasteiger partial charge in [-0.15, -0.1) is 0 Å². The summed E-state index contributed by atoms with van der Waals surface area (Å²) < 4.78 is 5.32. The van der Waals surface area contributed by atoms with E-state index in [4.69, 9.17) is 9.84 Å². The first-order valence-corrected chi connectivity index (χ1v) is 6.98. The molecule has 0 aromatic rings. The van der Waals surface area contributed by atoms with Crippen molar-refractivity contribution in [2.75, 3.05) is 13.2 Å². The molecule has 1 aliphatic carbocycles. The van der Waals surface area contributed by atoms with Crippen LogP contribution in [0.3, 0.4) is 0 Å². The van der Waals surface area contributed by atoms with E-state index in [2.05, 4.69) is 19.2 Å². The van der Waals surface area contributed by atoms with Crippen LogP contribution < -0.4 is 5.32 Å². The second-order valence-corrected chi connectivity index (χ2v) is 5.85. The Labute approximate surface area is 114 Å². The molecule has 110 valence electrons. The highest BCUT2D eigenvalue weighted by atomic mass is 16.5. The summed E-state index contributed by atoms with van der Waals surface area (Å²) in [5, 5.41) is 11.6. The molecule has 2 atom stereocenters. The van der Waals surface area contributed by atoms with Crippen molar-refractivity contribution in [1.29, 1.82) is 0 Å². The zero-order valence-electron chi connectivity index (χ0n) is 12.1. The van der Waals surface area contributed by atoms with Crippen LogP contribution in [0.25, 0.3) is 0 Å². The Kier molecular flexibility index (Phi) is 5.79. The largest absolute Gasteiger partial charge is 0.481 e. The first-order valence-electron chi connectivity index (χ1n) is 6.98. The monoisotopic (exact) mass is 271 g/mol. The third kappa shape index (κ3) is 4.82. The molecule has 5 heteroatoms. The van der Waals surface area contributed by atoms with Crippen molar-refractivity contribution in [1.82, 2.24) is 5.32 Å². The molecule has 1 fully saturated rings. The Morgan fingerprint density at radius 1 is 1.47 bits per heavy atom. The number of carboxylic acids is 1. The van der Waals surface area contributed by atoms with E-state index >= 15 is 0 Å². The molecule has 0 aromatic carbocycles. The maximum Gasteiger partial charge on any atom is 0.306 e. The first kappa shape index (κ1) is 16.0. The summed E-state index contributed by atoms with van der Waals surface area (Å²) in [6, 6.07) is 0. The molecular formula is C14H25NO4. The van der Waals surface area contributed by atoms with E-state index in [1.54, 1.807) is 0 Å². The van der Waals surface area contributed by atoms with Crippen LogP contribution >= 0.6 is 0 Å². The number of aliphatic carboxylic acids is 1. The summed E-state index contributed by atoms with van der Waals surface area (Å²) in [5.41, 5.74) is 0.0397. The molecule has 2 N–H and O–H groups in total. The molecule has 2 unspecified atom stereocenters. The summed E-state index contributed by atoms with van der Waals surface area (Å²) in [6.45, 7) is 6.76. The van der Waals surface area contributed by atoms with Crippen LogP contribution in [0.15, 0.2) is 0 Å². The van der Waals surface area contributed by atoms with Crippen LogP contribution in [-0.4, -0.2) is 36.2 Å². The van der Waals surface area contributed by atoms with E-state index < -0.39 is 12.1 Å². The summed E-state index contributed by atoms with van der Waals surface area (Å²) in [7, 11) is 0. The second-order valence-electron chi connectivity index (χ2n) is 5.85. The Morgan fingerprint density at radius 2 is 2.16 bits per heavy atom. The molecule has 1 rings (SSSR count). The Morgan fingerprint density at radius 3 is 2.63 bits per heavy atom. The van der Waals surface area contributed by atoms with Crippen molar-refractivity contribution in [3.63, 3.8) is 0 Å². The minimum Gasteiger partial charge on any atom is -0.481 e. The molecule has 0 radical (unpaired) electrons. The highest BCUT2D eigenvalue weighted by Crippen LogP contribution is 2.42. The average molecular weight is 271 g/mol. The van der Waals surface area contributed by atoms with Gasteiger partial charge in [0.15, 0.2) is 0 Å². The van der Waals surface area contributed by atoms with E-state index in [0.717, 1.165) is 19.3 Å². The van der Waals surface area contributed by atoms with Crippen molar-refractivity contribution >= 4 is 11.9 Å². The van der Waals surface area contributed by atoms with Crippen LogP contribution in [-0.2, 0) is 14.3 Å². The highest BCUT2D eigenvalue weighted by Gasteiger charge is 2.39. The van der Waals surface area contributed by atoms with Crippen LogP contribution in [0.1, 0.15) is 46.5 Å². The summed E-state index contributed by atoms with van der Waals surface area (Å²) in [5.74, 6) is -0.855. The predicted molar refractivity (Wildman–Crippen MR) is 71.8 cm³/mol. The summed E-state index contributed by atoms with van der Waals surface area (Å²) in [6.07, 6.45) is 2.53. The van der Waals surface area contributed by atoms with Gasteiger partial charge in [-0.05, 0) is 25.2 Å². The molecule has 1 saturated carbocycles. The molecule has 1 amide bonds. The standard InChI is InChI=1S/C14H25NO4/c1-4-19-10(8-12(16)17)9-15-13(18)11-6-5-7-14(11,2)3/h10-11H,4-9H2,1-3H3,(H,15,18)(H,16,17). The van der Waals surface area contributed by atoms with Gasteiger partial charge >= 0.3 is 5.97 Å². The van der Waals surface area contributed by atoms with Gasteiger partial charge in [0.2, 0.25) is 5.91 Å². The lowest BCUT2D eigenvalue weighted by Gasteiger charge is -2.26. The number of hydrogen-bond acceptors (Lipinski definition) is 3. The quantitative estimate of drug-likeness (QED) is 0.740. The Balaban J connectivity index is 2.45. The molecular weight excluding hydrogens is 246 g/mol. The maximum absolute atomic E-state index is 12.1. The van der Waals surface area contributed by atoms with E-state index in [-0.39, 0.29) is 30.2 Å². The van der Waals surface area contributed by atoms with Crippen molar-refractivity contribution < 1.29 is 19.4 Å². The number of carbonyl (C=O) groups is 2. The lowest BCUT2D eigenvalue weighted by Crippen LogP contribution is -2.41. The molecule has 0 bridgehead atoms. The smallest absolute Gasteiger partial charge is 0.306 e. The molecule has 0 aliphatic heterocycles. The predicted octanol–water partition coefficient (Wildman–Crippen LogP) is 1.81. The number of carbonyl (C=O) groups excluding carboxylic acids is 1. The van der Waals surface area contributed by atoms with Crippen molar-refractivity contribution in [2.24, 2.45) is 11.3 Å². The molecule has 0 aromatic heterocycles. The molecule has 19 heavy (non-hydrogen) atoms.